The highest BCUT2D eigenvalue weighted by molar-refractivity contribution is 7.78. The third-order valence-electron chi connectivity index (χ3n) is 2.93. The smallest absolute Gasteiger partial charge is 0.410 e. The van der Waals surface area contributed by atoms with Crippen LogP contribution in [0.4, 0.5) is 4.79 Å². The zero-order chi connectivity index (χ0) is 12.9. The molecule has 0 unspecified atom stereocenters. The van der Waals surface area contributed by atoms with Crippen LogP contribution < -0.4 is 4.72 Å². The number of carbonyl (C=O) groups is 1. The van der Waals surface area contributed by atoms with Crippen LogP contribution in [0, 0.1) is 5.92 Å². The van der Waals surface area contributed by atoms with Gasteiger partial charge < -0.3 is 9.64 Å². The molecule has 0 saturated carbocycles. The van der Waals surface area contributed by atoms with Crippen molar-refractivity contribution in [1.82, 2.24) is 9.62 Å². The Morgan fingerprint density at radius 1 is 1.41 bits per heavy atom. The molecule has 0 radical (unpaired) electrons. The fourth-order valence-electron chi connectivity index (χ4n) is 2.00. The lowest BCUT2D eigenvalue weighted by molar-refractivity contribution is 0.0182. The van der Waals surface area contributed by atoms with Crippen molar-refractivity contribution in [2.75, 3.05) is 19.6 Å². The highest BCUT2D eigenvalue weighted by Crippen LogP contribution is 2.21. The maximum atomic E-state index is 11.8. The number of piperidine rings is 1. The minimum atomic E-state index is -0.399. The average Bonchev–Trinajstić information content (AvgIpc) is 2.24. The predicted octanol–water partition coefficient (Wildman–Crippen LogP) is 2.46. The Balaban J connectivity index is 2.29. The normalized spacial score (nSPS) is 18.2. The quantitative estimate of drug-likeness (QED) is 0.766. The summed E-state index contributed by atoms with van der Waals surface area (Å²) < 4.78 is 8.23. The molecule has 0 aromatic rings. The van der Waals surface area contributed by atoms with E-state index in [1.165, 1.54) is 0 Å². The van der Waals surface area contributed by atoms with E-state index < -0.39 is 5.60 Å². The van der Waals surface area contributed by atoms with Gasteiger partial charge >= 0.3 is 6.09 Å². The van der Waals surface area contributed by atoms with E-state index >= 15 is 0 Å². The second-order valence-corrected chi connectivity index (χ2v) is 5.92. The van der Waals surface area contributed by atoms with Crippen LogP contribution in [0.15, 0.2) is 0 Å². The molecule has 1 aliphatic rings. The van der Waals surface area contributed by atoms with Gasteiger partial charge in [-0.05, 0) is 46.0 Å². The molecule has 100 valence electrons. The fourth-order valence-corrected chi connectivity index (χ4v) is 2.13. The SMILES string of the molecule is CC(C)(C)OC(=O)N1CCC(CCNS)CC1. The molecule has 5 heteroatoms. The summed E-state index contributed by atoms with van der Waals surface area (Å²) in [5.74, 6) is 0.702. The van der Waals surface area contributed by atoms with E-state index in [-0.39, 0.29) is 6.09 Å². The van der Waals surface area contributed by atoms with E-state index in [4.69, 9.17) is 4.74 Å². The van der Waals surface area contributed by atoms with Gasteiger partial charge in [0.25, 0.3) is 0 Å². The van der Waals surface area contributed by atoms with Crippen LogP contribution in [-0.2, 0) is 4.74 Å². The third kappa shape index (κ3) is 5.64. The van der Waals surface area contributed by atoms with E-state index in [1.807, 2.05) is 25.7 Å². The third-order valence-corrected chi connectivity index (χ3v) is 3.15. The molecule has 0 aromatic carbocycles. The van der Waals surface area contributed by atoms with Gasteiger partial charge in [-0.3, -0.25) is 4.72 Å². The molecule has 1 saturated heterocycles. The lowest BCUT2D eigenvalue weighted by Gasteiger charge is -2.33. The number of hydrogen-bond acceptors (Lipinski definition) is 4. The van der Waals surface area contributed by atoms with Crippen molar-refractivity contribution in [2.45, 2.75) is 45.6 Å². The Labute approximate surface area is 110 Å². The minimum absolute atomic E-state index is 0.178. The molecule has 1 aliphatic heterocycles. The molecule has 1 heterocycles. The first-order valence-corrected chi connectivity index (χ1v) is 6.72. The fraction of sp³-hybridized carbons (Fsp3) is 0.917. The van der Waals surface area contributed by atoms with E-state index in [0.29, 0.717) is 5.92 Å². The number of likely N-dealkylation sites (tertiary alicyclic amines) is 1. The average molecular weight is 260 g/mol. The van der Waals surface area contributed by atoms with Gasteiger partial charge in [-0.2, -0.15) is 0 Å². The van der Waals surface area contributed by atoms with Crippen molar-refractivity contribution in [1.29, 1.82) is 0 Å². The van der Waals surface area contributed by atoms with Crippen LogP contribution in [0.2, 0.25) is 0 Å². The van der Waals surface area contributed by atoms with Crippen LogP contribution >= 0.6 is 12.8 Å². The number of amides is 1. The first-order valence-electron chi connectivity index (χ1n) is 6.27. The zero-order valence-electron chi connectivity index (χ0n) is 11.0. The molecule has 17 heavy (non-hydrogen) atoms. The first kappa shape index (κ1) is 14.6. The predicted molar refractivity (Wildman–Crippen MR) is 72.1 cm³/mol. The van der Waals surface area contributed by atoms with Crippen molar-refractivity contribution in [3.8, 4) is 0 Å². The number of nitrogens with one attached hydrogen (secondary N) is 1. The molecule has 0 aliphatic carbocycles. The summed E-state index contributed by atoms with van der Waals surface area (Å²) in [5, 5.41) is 0. The van der Waals surface area contributed by atoms with Crippen LogP contribution in [0.5, 0.6) is 0 Å². The molecule has 4 nitrogen and oxygen atoms in total. The maximum absolute atomic E-state index is 11.8. The van der Waals surface area contributed by atoms with Gasteiger partial charge in [-0.1, -0.05) is 12.8 Å². The van der Waals surface area contributed by atoms with Gasteiger partial charge in [-0.15, -0.1) is 0 Å². The van der Waals surface area contributed by atoms with Crippen molar-refractivity contribution < 1.29 is 9.53 Å². The lowest BCUT2D eigenvalue weighted by atomic mass is 9.94. The summed E-state index contributed by atoms with van der Waals surface area (Å²) in [5.41, 5.74) is -0.399. The van der Waals surface area contributed by atoms with Crippen LogP contribution in [0.25, 0.3) is 0 Å². The molecule has 0 bridgehead atoms. The van der Waals surface area contributed by atoms with Crippen LogP contribution in [0.3, 0.4) is 0 Å². The molecule has 0 spiro atoms. The molecule has 1 amide bonds. The molecule has 1 fully saturated rings. The highest BCUT2D eigenvalue weighted by Gasteiger charge is 2.26. The summed E-state index contributed by atoms with van der Waals surface area (Å²) in [7, 11) is 0. The summed E-state index contributed by atoms with van der Waals surface area (Å²) in [6.07, 6.45) is 3.08. The Morgan fingerprint density at radius 2 is 2.00 bits per heavy atom. The van der Waals surface area contributed by atoms with Gasteiger partial charge in [0.1, 0.15) is 5.60 Å². The summed E-state index contributed by atoms with van der Waals surface area (Å²) in [6.45, 7) is 8.25. The van der Waals surface area contributed by atoms with Gasteiger partial charge in [0.15, 0.2) is 0 Å². The number of hydrogen-bond donors (Lipinski definition) is 2. The van der Waals surface area contributed by atoms with E-state index in [2.05, 4.69) is 17.5 Å². The molecule has 1 N–H and O–H groups in total. The second kappa shape index (κ2) is 6.50. The Kier molecular flexibility index (Phi) is 5.59. The summed E-state index contributed by atoms with van der Waals surface area (Å²) in [6, 6.07) is 0. The molecule has 1 rings (SSSR count). The van der Waals surface area contributed by atoms with Crippen LogP contribution in [0.1, 0.15) is 40.0 Å². The van der Waals surface area contributed by atoms with Crippen LogP contribution in [-0.4, -0.2) is 36.2 Å². The van der Waals surface area contributed by atoms with Gasteiger partial charge in [0.05, 0.1) is 0 Å². The molecule has 0 atom stereocenters. The van der Waals surface area contributed by atoms with E-state index in [1.54, 1.807) is 0 Å². The monoisotopic (exact) mass is 260 g/mol. The Hall–Kier alpha value is -0.420. The summed E-state index contributed by atoms with van der Waals surface area (Å²) >= 11 is 3.98. The van der Waals surface area contributed by atoms with E-state index in [9.17, 15) is 4.79 Å². The number of carbonyl (C=O) groups excluding carboxylic acids is 1. The summed E-state index contributed by atoms with van der Waals surface area (Å²) in [4.78, 5) is 13.6. The Morgan fingerprint density at radius 3 is 2.47 bits per heavy atom. The number of rotatable bonds is 3. The van der Waals surface area contributed by atoms with Crippen molar-refractivity contribution >= 4 is 18.9 Å². The first-order chi connectivity index (χ1) is 7.92. The van der Waals surface area contributed by atoms with Crippen molar-refractivity contribution in [3.63, 3.8) is 0 Å². The zero-order valence-corrected chi connectivity index (χ0v) is 11.9. The van der Waals surface area contributed by atoms with Crippen molar-refractivity contribution in [3.05, 3.63) is 0 Å². The Bertz CT molecular complexity index is 245. The molecular weight excluding hydrogens is 236 g/mol. The topological polar surface area (TPSA) is 41.6 Å². The van der Waals surface area contributed by atoms with Gasteiger partial charge in [0.2, 0.25) is 0 Å². The number of ether oxygens (including phenoxy) is 1. The maximum Gasteiger partial charge on any atom is 0.410 e. The highest BCUT2D eigenvalue weighted by atomic mass is 32.1. The lowest BCUT2D eigenvalue weighted by Crippen LogP contribution is -2.41. The van der Waals surface area contributed by atoms with Gasteiger partial charge in [-0.25, -0.2) is 4.79 Å². The van der Waals surface area contributed by atoms with E-state index in [0.717, 1.165) is 38.9 Å². The largest absolute Gasteiger partial charge is 0.444 e. The number of thiol groups is 1. The number of nitrogens with zero attached hydrogens (tertiary/aromatic N) is 1. The van der Waals surface area contributed by atoms with Gasteiger partial charge in [0, 0.05) is 19.6 Å². The molecule has 0 aromatic heterocycles. The second-order valence-electron chi connectivity index (χ2n) is 5.61. The molecular formula is C12H24N2O2S. The van der Waals surface area contributed by atoms with Crippen molar-refractivity contribution in [2.24, 2.45) is 5.92 Å². The minimum Gasteiger partial charge on any atom is -0.444 e. The standard InChI is InChI=1S/C12H24N2O2S/c1-12(2,3)16-11(15)14-8-5-10(6-9-14)4-7-13-17/h10,13,17H,4-9H2,1-3H3.